The molecule has 1 atom stereocenters. The number of aliphatic hydroxyl groups is 1. The van der Waals surface area contributed by atoms with Crippen molar-refractivity contribution in [1.82, 2.24) is 9.88 Å². The van der Waals surface area contributed by atoms with E-state index in [0.717, 1.165) is 12.1 Å². The Morgan fingerprint density at radius 1 is 1.05 bits per heavy atom. The maximum absolute atomic E-state index is 15.0. The third-order valence-electron chi connectivity index (χ3n) is 6.38. The van der Waals surface area contributed by atoms with Crippen LogP contribution < -0.4 is 16.8 Å². The standard InChI is InChI=1S/C27H28F2N4O3.C2H7N.2C2H6.H2/c1-16-12-18(6-7-21(16)27(2,30)34)31-26-32-24-5-3-4-19(25(24)36-26)17-13-22(28)20(23(29)14-17)15-33-8-10-35-11-9-33;1-2-3;2*1-2;/h3-7,12-14,34H,8-11,15,30H2,1-2H3,(H,31,32);2-3H2,1H3;2*1-2H3;1H. The molecule has 43 heavy (non-hydrogen) atoms. The van der Waals surface area contributed by atoms with E-state index in [0.29, 0.717) is 59.8 Å². The van der Waals surface area contributed by atoms with Gasteiger partial charge in [0.1, 0.15) is 22.9 Å². The van der Waals surface area contributed by atoms with E-state index in [1.807, 2.05) is 52.5 Å². The van der Waals surface area contributed by atoms with Gasteiger partial charge in [-0.15, -0.1) is 0 Å². The second-order valence-corrected chi connectivity index (χ2v) is 9.69. The predicted molar refractivity (Wildman–Crippen MR) is 173 cm³/mol. The second-order valence-electron chi connectivity index (χ2n) is 9.69. The largest absolute Gasteiger partial charge is 0.423 e. The Kier molecular flexibility index (Phi) is 14.2. The lowest BCUT2D eigenvalue weighted by molar-refractivity contribution is 0.0332. The normalized spacial score (nSPS) is 14.3. The summed E-state index contributed by atoms with van der Waals surface area (Å²) < 4.78 is 41.3. The van der Waals surface area contributed by atoms with Gasteiger partial charge in [-0.05, 0) is 61.9 Å². The number of nitrogens with zero attached hydrogens (tertiary/aromatic N) is 2. The predicted octanol–water partition coefficient (Wildman–Crippen LogP) is 7.04. The highest BCUT2D eigenvalue weighted by Gasteiger charge is 2.21. The van der Waals surface area contributed by atoms with E-state index in [9.17, 15) is 5.11 Å². The molecule has 238 valence electrons. The number of halogens is 2. The van der Waals surface area contributed by atoms with E-state index in [-0.39, 0.29) is 19.5 Å². The third-order valence-corrected chi connectivity index (χ3v) is 6.38. The number of para-hydroxylation sites is 1. The van der Waals surface area contributed by atoms with Gasteiger partial charge >= 0.3 is 0 Å². The van der Waals surface area contributed by atoms with Crippen molar-refractivity contribution in [2.45, 2.75) is 60.7 Å². The average Bonchev–Trinajstić information content (AvgIpc) is 3.40. The Morgan fingerprint density at radius 2 is 1.65 bits per heavy atom. The number of hydrogen-bond donors (Lipinski definition) is 4. The first kappa shape index (κ1) is 35.8. The van der Waals surface area contributed by atoms with Gasteiger partial charge in [0.05, 0.1) is 13.2 Å². The molecule has 4 aromatic rings. The SMILES string of the molecule is CC.CC.CCN.Cc1cc(Nc2nc3cccc(-c4cc(F)c(CN5CCOCC5)c(F)c4)c3o2)ccc1C(C)(N)O.[HH]. The highest BCUT2D eigenvalue weighted by molar-refractivity contribution is 5.91. The van der Waals surface area contributed by atoms with Gasteiger partial charge in [-0.25, -0.2) is 8.78 Å². The van der Waals surface area contributed by atoms with Crippen LogP contribution in [-0.4, -0.2) is 47.8 Å². The number of nitrogens with one attached hydrogen (secondary N) is 1. The number of rotatable bonds is 6. The van der Waals surface area contributed by atoms with Crippen molar-refractivity contribution in [1.29, 1.82) is 0 Å². The van der Waals surface area contributed by atoms with Gasteiger partial charge < -0.3 is 31.0 Å². The van der Waals surface area contributed by atoms with Crippen molar-refractivity contribution in [3.63, 3.8) is 0 Å². The van der Waals surface area contributed by atoms with E-state index < -0.39 is 17.4 Å². The second kappa shape index (κ2) is 17.0. The molecule has 10 heteroatoms. The lowest BCUT2D eigenvalue weighted by Gasteiger charge is -2.26. The molecule has 5 rings (SSSR count). The monoisotopic (exact) mass is 601 g/mol. The van der Waals surface area contributed by atoms with Crippen molar-refractivity contribution in [3.05, 3.63) is 76.9 Å². The van der Waals surface area contributed by atoms with Gasteiger partial charge in [0, 0.05) is 43.4 Å². The quantitative estimate of drug-likeness (QED) is 0.174. The molecule has 1 unspecified atom stereocenters. The van der Waals surface area contributed by atoms with Crippen LogP contribution in [0.1, 0.15) is 59.7 Å². The molecule has 0 saturated carbocycles. The van der Waals surface area contributed by atoms with Crippen molar-refractivity contribution in [3.8, 4) is 11.1 Å². The molecule has 1 aliphatic heterocycles. The average molecular weight is 602 g/mol. The van der Waals surface area contributed by atoms with Crippen LogP contribution in [0.3, 0.4) is 0 Å². The van der Waals surface area contributed by atoms with E-state index in [2.05, 4.69) is 10.3 Å². The van der Waals surface area contributed by atoms with Gasteiger partial charge in [0.2, 0.25) is 0 Å². The number of anilines is 2. The van der Waals surface area contributed by atoms with Crippen LogP contribution in [0.4, 0.5) is 20.5 Å². The first-order valence-corrected chi connectivity index (χ1v) is 14.9. The molecule has 0 spiro atoms. The topological polar surface area (TPSA) is 123 Å². The molecule has 3 aromatic carbocycles. The molecular formula is C33H49F2N5O3. The Morgan fingerprint density at radius 3 is 2.21 bits per heavy atom. The molecule has 1 aromatic heterocycles. The maximum Gasteiger partial charge on any atom is 0.300 e. The van der Waals surface area contributed by atoms with Gasteiger partial charge in [-0.2, -0.15) is 4.98 Å². The summed E-state index contributed by atoms with van der Waals surface area (Å²) in [6, 6.07) is 13.5. The van der Waals surface area contributed by atoms with E-state index in [1.54, 1.807) is 30.3 Å². The van der Waals surface area contributed by atoms with Crippen LogP contribution in [0.5, 0.6) is 0 Å². The van der Waals surface area contributed by atoms with Crippen LogP contribution in [0, 0.1) is 18.6 Å². The first-order valence-electron chi connectivity index (χ1n) is 14.9. The Labute approximate surface area is 255 Å². The summed E-state index contributed by atoms with van der Waals surface area (Å²) in [7, 11) is 0. The number of aromatic nitrogens is 1. The Balaban J connectivity index is 0.00000112. The van der Waals surface area contributed by atoms with Crippen LogP contribution in [-0.2, 0) is 17.0 Å². The van der Waals surface area contributed by atoms with E-state index >= 15 is 8.78 Å². The number of hydrogen-bond acceptors (Lipinski definition) is 8. The molecule has 8 nitrogen and oxygen atoms in total. The highest BCUT2D eigenvalue weighted by atomic mass is 19.1. The molecule has 2 heterocycles. The summed E-state index contributed by atoms with van der Waals surface area (Å²) in [6.07, 6.45) is 0. The molecule has 6 N–H and O–H groups in total. The fourth-order valence-corrected chi connectivity index (χ4v) is 4.56. The number of aryl methyl sites for hydroxylation is 1. The van der Waals surface area contributed by atoms with Crippen molar-refractivity contribution in [2.24, 2.45) is 11.5 Å². The van der Waals surface area contributed by atoms with Crippen LogP contribution >= 0.6 is 0 Å². The third kappa shape index (κ3) is 9.54. The minimum Gasteiger partial charge on any atom is -0.423 e. The summed E-state index contributed by atoms with van der Waals surface area (Å²) in [5, 5.41) is 13.2. The Bertz CT molecular complexity index is 1410. The minimum atomic E-state index is -1.45. The molecule has 1 saturated heterocycles. The highest BCUT2D eigenvalue weighted by Crippen LogP contribution is 2.34. The number of benzene rings is 3. The molecule has 1 fully saturated rings. The summed E-state index contributed by atoms with van der Waals surface area (Å²) in [5.41, 5.74) is 13.2. The zero-order chi connectivity index (χ0) is 32.2. The summed E-state index contributed by atoms with van der Waals surface area (Å²) in [5.74, 6) is -1.20. The summed E-state index contributed by atoms with van der Waals surface area (Å²) in [4.78, 5) is 6.45. The molecule has 0 amide bonds. The Hall–Kier alpha value is -3.41. The smallest absolute Gasteiger partial charge is 0.300 e. The zero-order valence-electron chi connectivity index (χ0n) is 26.4. The lowest BCUT2D eigenvalue weighted by Crippen LogP contribution is -2.36. The van der Waals surface area contributed by atoms with Crippen molar-refractivity contribution < 1.29 is 24.5 Å². The summed E-state index contributed by atoms with van der Waals surface area (Å²) >= 11 is 0. The molecular weight excluding hydrogens is 552 g/mol. The van der Waals surface area contributed by atoms with Crippen LogP contribution in [0.2, 0.25) is 0 Å². The van der Waals surface area contributed by atoms with E-state index in [1.165, 1.54) is 19.1 Å². The zero-order valence-corrected chi connectivity index (χ0v) is 26.4. The molecule has 1 aliphatic rings. The first-order chi connectivity index (χ1) is 20.6. The molecule has 0 radical (unpaired) electrons. The number of ether oxygens (including phenoxy) is 1. The molecule has 0 bridgehead atoms. The van der Waals surface area contributed by atoms with Crippen molar-refractivity contribution >= 4 is 22.8 Å². The van der Waals surface area contributed by atoms with Gasteiger partial charge in [0.15, 0.2) is 5.58 Å². The molecule has 0 aliphatic carbocycles. The van der Waals surface area contributed by atoms with Gasteiger partial charge in [-0.1, -0.05) is 52.8 Å². The lowest BCUT2D eigenvalue weighted by atomic mass is 9.99. The van der Waals surface area contributed by atoms with E-state index in [4.69, 9.17) is 20.6 Å². The van der Waals surface area contributed by atoms with Gasteiger partial charge in [-0.3, -0.25) is 4.90 Å². The summed E-state index contributed by atoms with van der Waals surface area (Å²) in [6.45, 7) is 16.6. The fourth-order valence-electron chi connectivity index (χ4n) is 4.56. The number of nitrogens with two attached hydrogens (primary N) is 2. The van der Waals surface area contributed by atoms with Crippen molar-refractivity contribution in [2.75, 3.05) is 38.2 Å². The minimum absolute atomic E-state index is 0. The number of morpholine rings is 1. The number of oxazole rings is 1. The fraction of sp³-hybridized carbons (Fsp3) is 0.424. The maximum atomic E-state index is 15.0. The van der Waals surface area contributed by atoms with Crippen LogP contribution in [0.25, 0.3) is 22.2 Å². The van der Waals surface area contributed by atoms with Gasteiger partial charge in [0.25, 0.3) is 6.01 Å². The van der Waals surface area contributed by atoms with Crippen LogP contribution in [0.15, 0.2) is 52.9 Å². The number of fused-ring (bicyclic) bond motifs is 1.